The van der Waals surface area contributed by atoms with Crippen LogP contribution in [0, 0.1) is 6.92 Å². The van der Waals surface area contributed by atoms with Crippen molar-refractivity contribution < 1.29 is 22.1 Å². The summed E-state index contributed by atoms with van der Waals surface area (Å²) >= 11 is 0. The molecule has 6 heteroatoms. The van der Waals surface area contributed by atoms with E-state index in [0.29, 0.717) is 11.5 Å². The van der Waals surface area contributed by atoms with E-state index >= 15 is 0 Å². The minimum absolute atomic E-state index is 0.0926. The molecule has 2 aromatic rings. The van der Waals surface area contributed by atoms with Crippen LogP contribution in [0.2, 0.25) is 0 Å². The predicted molar refractivity (Wildman–Crippen MR) is 113 cm³/mol. The first kappa shape index (κ1) is 23.5. The molecular weight excluding hydrogens is 376 g/mol. The van der Waals surface area contributed by atoms with E-state index < -0.39 is 16.2 Å². The van der Waals surface area contributed by atoms with Crippen molar-refractivity contribution >= 4 is 16.2 Å². The molecule has 5 nitrogen and oxygen atoms in total. The van der Waals surface area contributed by atoms with Crippen LogP contribution in [0.5, 0.6) is 11.5 Å². The van der Waals surface area contributed by atoms with Crippen molar-refractivity contribution in [2.75, 3.05) is 13.7 Å². The molecule has 0 bridgehead atoms. The Labute approximate surface area is 168 Å². The normalized spacial score (nSPS) is 11.6. The summed E-state index contributed by atoms with van der Waals surface area (Å²) < 4.78 is 40.9. The fourth-order valence-electron chi connectivity index (χ4n) is 2.21. The number of methoxy groups -OCH3 is 1. The molecule has 0 aliphatic carbocycles. The van der Waals surface area contributed by atoms with Gasteiger partial charge in [0.15, 0.2) is 11.5 Å². The van der Waals surface area contributed by atoms with Crippen molar-refractivity contribution in [3.63, 3.8) is 0 Å². The first-order chi connectivity index (χ1) is 13.4. The zero-order chi connectivity index (χ0) is 21.2. The van der Waals surface area contributed by atoms with E-state index in [9.17, 15) is 8.42 Å². The first-order valence-corrected chi connectivity index (χ1v) is 10.4. The van der Waals surface area contributed by atoms with Crippen LogP contribution in [-0.2, 0) is 14.3 Å². The summed E-state index contributed by atoms with van der Waals surface area (Å²) in [5.74, 6) is 0.960. The van der Waals surface area contributed by atoms with Crippen molar-refractivity contribution in [2.45, 2.75) is 31.8 Å². The van der Waals surface area contributed by atoms with Gasteiger partial charge in [0, 0.05) is 5.56 Å². The fraction of sp³-hybridized carbons (Fsp3) is 0.273. The molecule has 0 amide bonds. The van der Waals surface area contributed by atoms with Gasteiger partial charge in [-0.25, -0.2) is 0 Å². The Morgan fingerprint density at radius 1 is 1.07 bits per heavy atom. The summed E-state index contributed by atoms with van der Waals surface area (Å²) in [4.78, 5) is 0.0926. The van der Waals surface area contributed by atoms with Crippen molar-refractivity contribution in [1.82, 2.24) is 0 Å². The smallest absolute Gasteiger partial charge is 0.297 e. The van der Waals surface area contributed by atoms with Gasteiger partial charge >= 0.3 is 0 Å². The number of ether oxygens (including phenoxy) is 2. The van der Waals surface area contributed by atoms with Gasteiger partial charge in [0.25, 0.3) is 10.1 Å². The van der Waals surface area contributed by atoms with E-state index in [2.05, 4.69) is 13.2 Å². The summed E-state index contributed by atoms with van der Waals surface area (Å²) in [5, 5.41) is 0. The van der Waals surface area contributed by atoms with Crippen molar-refractivity contribution in [1.29, 1.82) is 0 Å². The third-order valence-corrected chi connectivity index (χ3v) is 4.97. The van der Waals surface area contributed by atoms with Gasteiger partial charge in [-0.15, -0.1) is 0 Å². The lowest BCUT2D eigenvalue weighted by Gasteiger charge is -2.19. The number of rotatable bonds is 9. The van der Waals surface area contributed by atoms with E-state index in [1.807, 2.05) is 32.9 Å². The molecule has 0 saturated carbocycles. The highest BCUT2D eigenvalue weighted by atomic mass is 32.2. The van der Waals surface area contributed by atoms with Crippen LogP contribution in [0.15, 0.2) is 66.6 Å². The van der Waals surface area contributed by atoms with Crippen molar-refractivity contribution in [3.8, 4) is 11.5 Å². The summed E-state index contributed by atoms with van der Waals surface area (Å²) in [6, 6.07) is 11.8. The van der Waals surface area contributed by atoms with E-state index in [0.717, 1.165) is 11.1 Å². The van der Waals surface area contributed by atoms with Gasteiger partial charge in [0.2, 0.25) is 0 Å². The Balaban J connectivity index is 0.00000190. The second-order valence-electron chi connectivity index (χ2n) is 5.53. The second-order valence-corrected chi connectivity index (χ2v) is 7.14. The maximum Gasteiger partial charge on any atom is 0.297 e. The van der Waals surface area contributed by atoms with Crippen LogP contribution in [0.3, 0.4) is 0 Å². The molecule has 0 N–H and O–H groups in total. The lowest BCUT2D eigenvalue weighted by Crippen LogP contribution is -2.23. The number of para-hydroxylation sites is 1. The average molecular weight is 405 g/mol. The molecule has 0 aliphatic rings. The number of aryl methyl sites for hydroxylation is 1. The molecule has 0 heterocycles. The van der Waals surface area contributed by atoms with Gasteiger partial charge in [-0.3, -0.25) is 4.18 Å². The summed E-state index contributed by atoms with van der Waals surface area (Å²) in [7, 11) is -2.36. The molecule has 1 unspecified atom stereocenters. The highest BCUT2D eigenvalue weighted by Crippen LogP contribution is 2.33. The SMILES string of the molecule is C=Cc1cccc(OC)c1OC(C=C)COS(=O)(=O)c1ccc(C)cc1.CC. The third kappa shape index (κ3) is 6.25. The molecule has 28 heavy (non-hydrogen) atoms. The highest BCUT2D eigenvalue weighted by Gasteiger charge is 2.20. The maximum atomic E-state index is 12.3. The van der Waals surface area contributed by atoms with Crippen LogP contribution in [0.25, 0.3) is 6.08 Å². The molecule has 0 spiro atoms. The molecule has 0 radical (unpaired) electrons. The Morgan fingerprint density at radius 2 is 1.71 bits per heavy atom. The van der Waals surface area contributed by atoms with Crippen LogP contribution < -0.4 is 9.47 Å². The Bertz CT molecular complexity index is 870. The quantitative estimate of drug-likeness (QED) is 0.434. The topological polar surface area (TPSA) is 61.8 Å². The number of hydrogen-bond donors (Lipinski definition) is 0. The Morgan fingerprint density at radius 3 is 2.25 bits per heavy atom. The van der Waals surface area contributed by atoms with Gasteiger partial charge < -0.3 is 9.47 Å². The van der Waals surface area contributed by atoms with Crippen molar-refractivity contribution in [2.24, 2.45) is 0 Å². The van der Waals surface area contributed by atoms with Crippen LogP contribution in [-0.4, -0.2) is 28.2 Å². The number of benzene rings is 2. The van der Waals surface area contributed by atoms with Gasteiger partial charge in [-0.05, 0) is 31.2 Å². The molecule has 0 aromatic heterocycles. The zero-order valence-corrected chi connectivity index (χ0v) is 17.7. The Kier molecular flexibility index (Phi) is 9.48. The van der Waals surface area contributed by atoms with Gasteiger partial charge in [-0.1, -0.05) is 62.9 Å². The van der Waals surface area contributed by atoms with Gasteiger partial charge in [0.1, 0.15) is 12.7 Å². The minimum atomic E-state index is -3.89. The van der Waals surface area contributed by atoms with E-state index in [-0.39, 0.29) is 11.5 Å². The molecule has 2 rings (SSSR count). The minimum Gasteiger partial charge on any atom is -0.493 e. The Hall–Kier alpha value is -2.57. The van der Waals surface area contributed by atoms with Crippen LogP contribution in [0.4, 0.5) is 0 Å². The third-order valence-electron chi connectivity index (χ3n) is 3.68. The summed E-state index contributed by atoms with van der Waals surface area (Å²) in [5.41, 5.74) is 1.68. The summed E-state index contributed by atoms with van der Waals surface area (Å²) in [6.07, 6.45) is 2.41. The van der Waals surface area contributed by atoms with E-state index in [4.69, 9.17) is 13.7 Å². The van der Waals surface area contributed by atoms with E-state index in [1.165, 1.54) is 25.3 Å². The molecular formula is C22H28O5S. The van der Waals surface area contributed by atoms with E-state index in [1.54, 1.807) is 24.3 Å². The largest absolute Gasteiger partial charge is 0.493 e. The highest BCUT2D eigenvalue weighted by molar-refractivity contribution is 7.86. The van der Waals surface area contributed by atoms with Crippen LogP contribution in [0.1, 0.15) is 25.0 Å². The summed E-state index contributed by atoms with van der Waals surface area (Å²) in [6.45, 7) is 13.1. The molecule has 0 fully saturated rings. The number of hydrogen-bond acceptors (Lipinski definition) is 5. The standard InChI is InChI=1S/C20H22O5S.C2H6/c1-5-16-8-7-9-19(23-4)20(16)25-17(6-2)14-24-26(21,22)18-12-10-15(3)11-13-18;1-2/h5-13,17H,1-2,14H2,3-4H3;1-2H3. The molecule has 0 aliphatic heterocycles. The molecule has 152 valence electrons. The van der Waals surface area contributed by atoms with Gasteiger partial charge in [-0.2, -0.15) is 8.42 Å². The van der Waals surface area contributed by atoms with Crippen LogP contribution >= 0.6 is 0 Å². The maximum absolute atomic E-state index is 12.3. The second kappa shape index (κ2) is 11.3. The average Bonchev–Trinajstić information content (AvgIpc) is 2.72. The van der Waals surface area contributed by atoms with Crippen molar-refractivity contribution in [3.05, 3.63) is 72.8 Å². The molecule has 2 aromatic carbocycles. The molecule has 0 saturated heterocycles. The molecule has 1 atom stereocenters. The zero-order valence-electron chi connectivity index (χ0n) is 16.8. The lowest BCUT2D eigenvalue weighted by molar-refractivity contribution is 0.163. The fourth-order valence-corrected chi connectivity index (χ4v) is 3.13. The predicted octanol–water partition coefficient (Wildman–Crippen LogP) is 5.01. The first-order valence-electron chi connectivity index (χ1n) is 8.96. The monoisotopic (exact) mass is 404 g/mol. The van der Waals surface area contributed by atoms with Gasteiger partial charge in [0.05, 0.1) is 12.0 Å². The lowest BCUT2D eigenvalue weighted by atomic mass is 10.2.